The molecule has 12 heterocycles. The second-order valence-electron chi connectivity index (χ2n) is 32.0. The Balaban J connectivity index is 0.000000193. The normalized spacial score (nSPS) is 16.4. The van der Waals surface area contributed by atoms with Crippen molar-refractivity contribution in [1.82, 2.24) is 35.5 Å². The average molecular weight is 1960 g/mol. The number of phenolic OH excluding ortho intramolecular Hbond substituents is 1. The van der Waals surface area contributed by atoms with Gasteiger partial charge in [0.15, 0.2) is 43.4 Å². The summed E-state index contributed by atoms with van der Waals surface area (Å²) in [5, 5.41) is 41.6. The standard InChI is InChI=1S/C23H22N2O2.C22H21N3O2.C14H17NO2.C9H7BrO2.C9H9ClO2.C9H8O2.C8H6N2O.C5H11N.C2H4O2.CH2O3.2K.Na.H/c26-22-19-10-6-8-17(15-25-11-4-1-5-12-25)23(19)27-21(22)13-20-18-9-3-2-7-16(18)14-24-20;26-21-18-7-3-5-16(14-25-10-8-23-9-11-25)22(18)27-20(21)12-19-17-6-2-1-4-15(17)13-24-19;16-13-10-17-14-11(5-4-6-12(13)14)9-15-7-2-1-3-8-15;10-4-6-2-1-3-7-8(11)5-12-9(6)7;1-6-3-2-4-7(9(6)12)8(11)5-10;1-6-3-2-4-7-8(10)5-11-9(6)7;11-5-8-6-3-1-2-4-7(6)9-10-8;1-2-4-6-5-3-1;1-2(3)4;2-1-4-3;;;;/h2-3,6-10,13H,1,4-5,11-12,14-15H2;1-7,12,23H,8-11,13-14H2;4-6H,1-3,7-10H2;1-3H,4-5H2;2-4,12H,5H2,1H3;2-4H,5H2,1H3;1-5H,(H,9,10);6H,1-5H2;1H3,(H,3,4);1,3H;;;;/q;;;;;;;;;;3*+1;-1/p-2/b21-13-;20-12-;;;;;;;;;;;;. The van der Waals surface area contributed by atoms with E-state index in [-0.39, 0.29) is 206 Å². The van der Waals surface area contributed by atoms with Crippen LogP contribution in [-0.2, 0) is 52.5 Å². The van der Waals surface area contributed by atoms with Crippen LogP contribution >= 0.6 is 27.5 Å². The van der Waals surface area contributed by atoms with Gasteiger partial charge in [0.1, 0.15) is 40.2 Å². The van der Waals surface area contributed by atoms with Gasteiger partial charge in [-0.1, -0.05) is 175 Å². The van der Waals surface area contributed by atoms with Gasteiger partial charge in [-0.2, -0.15) is 5.10 Å². The van der Waals surface area contributed by atoms with Gasteiger partial charge in [-0.05, 0) is 163 Å². The van der Waals surface area contributed by atoms with Crippen molar-refractivity contribution < 1.29 is 221 Å². The number of aryl methyl sites for hydroxylation is 2. The van der Waals surface area contributed by atoms with Crippen LogP contribution in [0.25, 0.3) is 10.9 Å². The van der Waals surface area contributed by atoms with Crippen molar-refractivity contribution in [3.05, 3.63) is 300 Å². The van der Waals surface area contributed by atoms with Crippen molar-refractivity contribution >= 4 is 103 Å². The van der Waals surface area contributed by atoms with Crippen LogP contribution in [0, 0.1) is 13.8 Å². The quantitative estimate of drug-likeness (QED) is 0.0218. The first-order valence-corrected chi connectivity index (χ1v) is 45.4. The van der Waals surface area contributed by atoms with Gasteiger partial charge in [-0.25, -0.2) is 0 Å². The molecule has 0 saturated carbocycles. The number of likely N-dealkylation sites (tertiary alicyclic amines) is 2. The van der Waals surface area contributed by atoms with E-state index in [0.717, 1.165) is 186 Å². The van der Waals surface area contributed by atoms with Crippen LogP contribution in [0.3, 0.4) is 0 Å². The second-order valence-corrected chi connectivity index (χ2v) is 32.8. The van der Waals surface area contributed by atoms with Gasteiger partial charge < -0.3 is 60.9 Å². The SMILES string of the molecule is C1CCNCC1.CC(=O)[O-].Cc1cccc(C(=O)CCl)c1O.Cc1cccc2c1OCC2=O.O=C1/C(=C/C2=NCc3ccccc32)Oc2c(CN3CCCCC3)cccc21.O=C1/C(=C/C2=NCc3ccccc32)Oc2c(CN3CCNCC3)cccc21.O=C1COc2c(CBr)cccc21.O=C1COc2c(CN3CCCCC3)cccc21.O=CO[O-].O=Cc1[nH]nc2ccccc12.[H-].[K+].[K+].[Na+]. The molecule has 4 fully saturated rings. The molecule has 0 spiro atoms. The predicted molar refractivity (Wildman–Crippen MR) is 500 cm³/mol. The van der Waals surface area contributed by atoms with E-state index in [1.807, 2.05) is 128 Å². The molecule has 0 aliphatic carbocycles. The van der Waals surface area contributed by atoms with E-state index in [0.29, 0.717) is 63.9 Å². The van der Waals surface area contributed by atoms with Crippen LogP contribution in [0.1, 0.15) is 194 Å². The summed E-state index contributed by atoms with van der Waals surface area (Å²) in [6.07, 6.45) is 16.3. The van der Waals surface area contributed by atoms with E-state index >= 15 is 0 Å². The number of carboxylic acid groups (broad SMARTS) is 1. The number of Topliss-reactive ketones (excluding diaryl/α,β-unsaturated/α-hetero) is 6. The molecule has 134 heavy (non-hydrogen) atoms. The number of aromatic amines is 1. The van der Waals surface area contributed by atoms with E-state index in [1.165, 1.54) is 82.0 Å². The number of benzene rings is 9. The molecule has 9 aromatic carbocycles. The van der Waals surface area contributed by atoms with Crippen molar-refractivity contribution in [3.63, 3.8) is 0 Å². The number of carbonyl (C=O) groups is 9. The third-order valence-corrected chi connectivity index (χ3v) is 23.7. The van der Waals surface area contributed by atoms with Crippen LogP contribution in [0.2, 0.25) is 0 Å². The monoisotopic (exact) mass is 1960 g/mol. The molecule has 27 nitrogen and oxygen atoms in total. The maximum Gasteiger partial charge on any atom is 1.00 e. The van der Waals surface area contributed by atoms with Crippen LogP contribution in [0.15, 0.2) is 216 Å². The minimum absolute atomic E-state index is 0. The third-order valence-electron chi connectivity index (χ3n) is 22.8. The average Bonchev–Trinajstić information content (AvgIpc) is 1.63. The number of para-hydroxylation sites is 7. The fourth-order valence-corrected chi connectivity index (χ4v) is 16.7. The predicted octanol–water partition coefficient (Wildman–Crippen LogP) is 5.24. The number of aliphatic carboxylic acids is 1. The number of nitrogens with zero attached hydrogens (tertiary/aromatic N) is 6. The fourth-order valence-electron chi connectivity index (χ4n) is 16.2. The Bertz CT molecular complexity index is 5740. The number of halogens is 2. The Morgan fingerprint density at radius 3 is 1.34 bits per heavy atom. The number of carbonyl (C=O) groups excluding carboxylic acids is 9. The number of nitrogens with one attached hydrogen (secondary N) is 3. The van der Waals surface area contributed by atoms with Crippen molar-refractivity contribution in [1.29, 1.82) is 0 Å². The van der Waals surface area contributed by atoms with E-state index in [2.05, 4.69) is 96.7 Å². The number of aromatic nitrogens is 2. The molecular formula is C102H106BrClK2N9NaO18. The summed E-state index contributed by atoms with van der Waals surface area (Å²) < 4.78 is 28.1. The molecule has 0 radical (unpaired) electrons. The zero-order chi connectivity index (χ0) is 92.5. The maximum atomic E-state index is 12.9. The molecular weight excluding hydrogens is 1860 g/mol. The number of aliphatic imine (C=N–C) groups is 2. The van der Waals surface area contributed by atoms with Gasteiger partial charge >= 0.3 is 132 Å². The molecule has 4 N–H and O–H groups in total. The minimum Gasteiger partial charge on any atom is -1.00 e. The molecule has 0 atom stereocenters. The zero-order valence-corrected chi connectivity index (χ0v) is 87.1. The van der Waals surface area contributed by atoms with Gasteiger partial charge in [0.2, 0.25) is 28.9 Å². The summed E-state index contributed by atoms with van der Waals surface area (Å²) >= 11 is 8.69. The number of piperazine rings is 1. The summed E-state index contributed by atoms with van der Waals surface area (Å²) in [5.41, 5.74) is 17.5. The van der Waals surface area contributed by atoms with E-state index in [1.54, 1.807) is 49.4 Å². The number of rotatable bonds is 13. The third kappa shape index (κ3) is 30.3. The summed E-state index contributed by atoms with van der Waals surface area (Å²) in [5.74, 6) is 3.29. The molecule has 684 valence electrons. The Labute approximate surface area is 901 Å². The summed E-state index contributed by atoms with van der Waals surface area (Å²) in [6.45, 7) is 20.0. The number of alkyl halides is 2. The molecule has 0 unspecified atom stereocenters. The van der Waals surface area contributed by atoms with Gasteiger partial charge in [0, 0.05) is 108 Å². The Morgan fingerprint density at radius 2 is 0.888 bits per heavy atom. The van der Waals surface area contributed by atoms with Crippen molar-refractivity contribution in [3.8, 4) is 34.5 Å². The number of allylic oxidation sites excluding steroid dienone is 4. The Hall–Kier alpha value is -8.50. The first kappa shape index (κ1) is 109. The Kier molecular flexibility index (Phi) is 45.9. The molecule has 11 aliphatic rings. The van der Waals surface area contributed by atoms with Crippen LogP contribution in [0.5, 0.6) is 34.5 Å². The van der Waals surface area contributed by atoms with Gasteiger partial charge in [-0.3, -0.25) is 68.1 Å². The summed E-state index contributed by atoms with van der Waals surface area (Å²) in [4.78, 5) is 118. The number of aromatic hydroxyl groups is 1. The van der Waals surface area contributed by atoms with Crippen LogP contribution < -0.4 is 177 Å². The van der Waals surface area contributed by atoms with Gasteiger partial charge in [0.25, 0.3) is 6.47 Å². The summed E-state index contributed by atoms with van der Waals surface area (Å²) in [6, 6.07) is 57.7. The minimum atomic E-state index is -1.08. The largest absolute Gasteiger partial charge is 1.00 e. The molecule has 32 heteroatoms. The first-order valence-electron chi connectivity index (χ1n) is 43.8. The topological polar surface area (TPSA) is 363 Å². The number of hydrogen-bond donors (Lipinski definition) is 4. The zero-order valence-electron chi connectivity index (χ0n) is 77.5. The van der Waals surface area contributed by atoms with Gasteiger partial charge in [-0.15, -0.1) is 11.6 Å². The van der Waals surface area contributed by atoms with Crippen molar-refractivity contribution in [2.45, 2.75) is 117 Å². The summed E-state index contributed by atoms with van der Waals surface area (Å²) in [7, 11) is 0. The number of carboxylic acids is 1. The number of ketones is 6. The second kappa shape index (κ2) is 56.4. The number of H-pyrrole nitrogens is 1. The molecule has 21 rings (SSSR count). The molecule has 11 aliphatic heterocycles. The molecule has 4 saturated heterocycles. The number of aldehydes is 1. The van der Waals surface area contributed by atoms with E-state index < -0.39 is 5.97 Å². The molecule has 1 aromatic heterocycles. The smallest absolute Gasteiger partial charge is 1.00 e. The number of fused-ring (bicyclic) bond motifs is 8. The number of phenols is 1. The number of ether oxygens (including phenoxy) is 5. The van der Waals surface area contributed by atoms with Crippen LogP contribution in [-0.4, -0.2) is 186 Å². The van der Waals surface area contributed by atoms with Crippen molar-refractivity contribution in [2.24, 2.45) is 9.98 Å². The maximum absolute atomic E-state index is 12.9. The van der Waals surface area contributed by atoms with Crippen LogP contribution in [0.4, 0.5) is 0 Å². The molecule has 10 aromatic rings. The molecule has 0 bridgehead atoms. The Morgan fingerprint density at radius 1 is 0.500 bits per heavy atom. The van der Waals surface area contributed by atoms with E-state index in [4.69, 9.17) is 55.2 Å². The molecule has 0 amide bonds. The first-order chi connectivity index (χ1) is 63.8. The number of hydrogen-bond acceptors (Lipinski definition) is 26. The van der Waals surface area contributed by atoms with Gasteiger partial charge in [0.05, 0.1) is 69.3 Å². The number of piperidine rings is 3. The van der Waals surface area contributed by atoms with E-state index in [9.17, 15) is 38.7 Å². The fraction of sp³-hybridized carbons (Fsp3) is 0.314. The van der Waals surface area contributed by atoms with Crippen molar-refractivity contribution in [2.75, 3.05) is 91.1 Å².